The molecule has 1 N–H and O–H groups in total. The topological polar surface area (TPSA) is 40.2 Å². The van der Waals surface area contributed by atoms with Crippen LogP contribution in [-0.4, -0.2) is 99.6 Å². The van der Waals surface area contributed by atoms with Crippen LogP contribution in [0.3, 0.4) is 0 Å². The molecule has 0 aromatic heterocycles. The minimum absolute atomic E-state index is 0.188. The molecule has 0 aliphatic carbocycles. The van der Waals surface area contributed by atoms with Gasteiger partial charge in [0.1, 0.15) is 5.75 Å². The summed E-state index contributed by atoms with van der Waals surface area (Å²) in [5.74, 6) is 0.874. The Labute approximate surface area is 223 Å². The van der Waals surface area contributed by atoms with Gasteiger partial charge in [0.15, 0.2) is 0 Å². The molecule has 2 unspecified atom stereocenters. The highest BCUT2D eigenvalue weighted by molar-refractivity contribution is 5.26. The van der Waals surface area contributed by atoms with E-state index in [4.69, 9.17) is 4.74 Å². The van der Waals surface area contributed by atoms with Crippen molar-refractivity contribution < 1.29 is 18.3 Å². The van der Waals surface area contributed by atoms with E-state index in [1.807, 2.05) is 6.92 Å². The van der Waals surface area contributed by atoms with Crippen molar-refractivity contribution in [2.45, 2.75) is 53.3 Å². The van der Waals surface area contributed by atoms with E-state index in [1.165, 1.54) is 63.4 Å². The highest BCUT2D eigenvalue weighted by atomic mass is 19.3. The third-order valence-corrected chi connectivity index (χ3v) is 7.85. The summed E-state index contributed by atoms with van der Waals surface area (Å²) in [6.07, 6.45) is 0.966. The summed E-state index contributed by atoms with van der Waals surface area (Å²) in [6, 6.07) is 6.49. The zero-order chi connectivity index (χ0) is 27.1. The molecule has 1 aromatic carbocycles. The Kier molecular flexibility index (Phi) is 10.9. The number of benzene rings is 1. The van der Waals surface area contributed by atoms with Gasteiger partial charge in [0, 0.05) is 64.7 Å². The van der Waals surface area contributed by atoms with Crippen molar-refractivity contribution in [3.8, 4) is 5.75 Å². The molecular formula is C29H48F2N4O2. The number of ether oxygens (including phenoxy) is 2. The van der Waals surface area contributed by atoms with E-state index in [0.29, 0.717) is 24.4 Å². The summed E-state index contributed by atoms with van der Waals surface area (Å²) in [6.45, 7) is 21.0. The van der Waals surface area contributed by atoms with Crippen LogP contribution in [-0.2, 0) is 4.74 Å². The number of allylic oxidation sites excluding steroid dienone is 1. The standard InChI is InChI=1S/C20H38N4O.C9H10F2O/c1-5-17(2)18(3)12-19(21-4)24-15-20(16-24)13-23(14-20)7-6-22-8-10-25-11-9-22;1-7-3-5-8(6-4-7)12-9(2,10)11/h12,17,19,21H,5-11,13-16H2,1-4H3;3-6H,1-2H3/b18-12-;. The van der Waals surface area contributed by atoms with Crippen molar-refractivity contribution in [1.29, 1.82) is 0 Å². The van der Waals surface area contributed by atoms with Crippen LogP contribution in [0.1, 0.15) is 39.7 Å². The Morgan fingerprint density at radius 3 is 2.24 bits per heavy atom. The van der Waals surface area contributed by atoms with Crippen molar-refractivity contribution >= 4 is 0 Å². The Hall–Kier alpha value is -1.58. The first kappa shape index (κ1) is 30.0. The molecule has 0 saturated carbocycles. The fourth-order valence-corrected chi connectivity index (χ4v) is 5.30. The van der Waals surface area contributed by atoms with Gasteiger partial charge in [-0.05, 0) is 45.4 Å². The molecule has 37 heavy (non-hydrogen) atoms. The van der Waals surface area contributed by atoms with Crippen molar-refractivity contribution in [2.75, 3.05) is 72.6 Å². The van der Waals surface area contributed by atoms with Gasteiger partial charge in [0.05, 0.1) is 19.4 Å². The Morgan fingerprint density at radius 2 is 1.70 bits per heavy atom. The summed E-state index contributed by atoms with van der Waals surface area (Å²) in [7, 11) is 2.09. The van der Waals surface area contributed by atoms with Gasteiger partial charge in [-0.3, -0.25) is 9.80 Å². The van der Waals surface area contributed by atoms with Gasteiger partial charge in [0.25, 0.3) is 0 Å². The fraction of sp³-hybridized carbons (Fsp3) is 0.724. The molecule has 3 heterocycles. The molecule has 8 heteroatoms. The first-order valence-corrected chi connectivity index (χ1v) is 13.8. The zero-order valence-electron chi connectivity index (χ0n) is 23.7. The fourth-order valence-electron chi connectivity index (χ4n) is 5.30. The average Bonchev–Trinajstić information content (AvgIpc) is 2.82. The molecule has 0 bridgehead atoms. The first-order valence-electron chi connectivity index (χ1n) is 13.8. The summed E-state index contributed by atoms with van der Waals surface area (Å²) in [5, 5.41) is 3.50. The molecule has 3 saturated heterocycles. The number of nitrogens with zero attached hydrogens (tertiary/aromatic N) is 3. The van der Waals surface area contributed by atoms with Gasteiger partial charge in [-0.2, -0.15) is 8.78 Å². The molecular weight excluding hydrogens is 474 g/mol. The van der Waals surface area contributed by atoms with E-state index in [9.17, 15) is 8.78 Å². The molecule has 0 amide bonds. The average molecular weight is 523 g/mol. The van der Waals surface area contributed by atoms with Crippen LogP contribution in [0.5, 0.6) is 5.75 Å². The number of hydrogen-bond acceptors (Lipinski definition) is 6. The van der Waals surface area contributed by atoms with E-state index in [0.717, 1.165) is 31.9 Å². The number of halogens is 2. The molecule has 3 aliphatic rings. The van der Waals surface area contributed by atoms with E-state index in [-0.39, 0.29) is 5.75 Å². The smallest absolute Gasteiger partial charge is 0.394 e. The quantitative estimate of drug-likeness (QED) is 0.458. The van der Waals surface area contributed by atoms with Crippen LogP contribution in [0.15, 0.2) is 35.9 Å². The lowest BCUT2D eigenvalue weighted by molar-refractivity contribution is -0.158. The normalized spacial score (nSPS) is 22.4. The molecule has 6 nitrogen and oxygen atoms in total. The van der Waals surface area contributed by atoms with E-state index < -0.39 is 6.11 Å². The molecule has 3 fully saturated rings. The van der Waals surface area contributed by atoms with Gasteiger partial charge in [-0.15, -0.1) is 0 Å². The van der Waals surface area contributed by atoms with Crippen molar-refractivity contribution in [3.63, 3.8) is 0 Å². The van der Waals surface area contributed by atoms with Crippen molar-refractivity contribution in [2.24, 2.45) is 11.3 Å². The monoisotopic (exact) mass is 522 g/mol. The maximum atomic E-state index is 12.3. The third kappa shape index (κ3) is 9.29. The maximum absolute atomic E-state index is 12.3. The Bertz CT molecular complexity index is 838. The number of alkyl halides is 2. The highest BCUT2D eigenvalue weighted by Gasteiger charge is 2.52. The minimum Gasteiger partial charge on any atom is -0.433 e. The number of likely N-dealkylation sites (tertiary alicyclic amines) is 2. The number of morpholine rings is 1. The van der Waals surface area contributed by atoms with E-state index in [1.54, 1.807) is 12.1 Å². The number of likely N-dealkylation sites (N-methyl/N-ethyl adjacent to an activating group) is 1. The molecule has 210 valence electrons. The number of hydrogen-bond donors (Lipinski definition) is 1. The SMILES string of the molecule is CCC(C)/C(C)=C\C(NC)N1CC2(CN(CCN3CCOCC3)C2)C1.Cc1ccc(OC(C)(F)F)cc1. The zero-order valence-corrected chi connectivity index (χ0v) is 23.7. The van der Waals surface area contributed by atoms with E-state index in [2.05, 4.69) is 58.6 Å². The number of rotatable bonds is 10. The summed E-state index contributed by atoms with van der Waals surface area (Å²) < 4.78 is 34.3. The van der Waals surface area contributed by atoms with Gasteiger partial charge in [0.2, 0.25) is 0 Å². The predicted octanol–water partition coefficient (Wildman–Crippen LogP) is 4.46. The highest BCUT2D eigenvalue weighted by Crippen LogP contribution is 2.40. The van der Waals surface area contributed by atoms with Gasteiger partial charge < -0.3 is 19.7 Å². The lowest BCUT2D eigenvalue weighted by Crippen LogP contribution is -2.74. The molecule has 1 aromatic rings. The lowest BCUT2D eigenvalue weighted by Gasteiger charge is -2.62. The van der Waals surface area contributed by atoms with Gasteiger partial charge >= 0.3 is 6.11 Å². The maximum Gasteiger partial charge on any atom is 0.394 e. The molecule has 1 spiro atoms. The van der Waals surface area contributed by atoms with Crippen LogP contribution in [0.25, 0.3) is 0 Å². The van der Waals surface area contributed by atoms with Crippen LogP contribution in [0.2, 0.25) is 0 Å². The molecule has 0 radical (unpaired) electrons. The molecule has 2 atom stereocenters. The number of aryl methyl sites for hydroxylation is 1. The molecule has 3 aliphatic heterocycles. The summed E-state index contributed by atoms with van der Waals surface area (Å²) in [5.41, 5.74) is 3.11. The van der Waals surface area contributed by atoms with Crippen LogP contribution < -0.4 is 10.1 Å². The first-order chi connectivity index (χ1) is 17.5. The minimum atomic E-state index is -3.10. The van der Waals surface area contributed by atoms with E-state index >= 15 is 0 Å². The lowest BCUT2D eigenvalue weighted by atomic mass is 9.72. The molecule has 4 rings (SSSR count). The van der Waals surface area contributed by atoms with Gasteiger partial charge in [-0.1, -0.05) is 43.2 Å². The number of nitrogens with one attached hydrogen (secondary N) is 1. The van der Waals surface area contributed by atoms with Crippen molar-refractivity contribution in [1.82, 2.24) is 20.0 Å². The second-order valence-corrected chi connectivity index (χ2v) is 11.2. The Morgan fingerprint density at radius 1 is 1.11 bits per heavy atom. The van der Waals surface area contributed by atoms with Crippen LogP contribution in [0.4, 0.5) is 8.78 Å². The Balaban J connectivity index is 0.000000266. The second kappa shape index (κ2) is 13.5. The second-order valence-electron chi connectivity index (χ2n) is 11.2. The van der Waals surface area contributed by atoms with Crippen molar-refractivity contribution in [3.05, 3.63) is 41.5 Å². The predicted molar refractivity (Wildman–Crippen MR) is 146 cm³/mol. The third-order valence-electron chi connectivity index (χ3n) is 7.85. The summed E-state index contributed by atoms with van der Waals surface area (Å²) >= 11 is 0. The largest absolute Gasteiger partial charge is 0.433 e. The van der Waals surface area contributed by atoms with Crippen LogP contribution >= 0.6 is 0 Å². The van der Waals surface area contributed by atoms with Gasteiger partial charge in [-0.25, -0.2) is 0 Å². The van der Waals surface area contributed by atoms with Crippen LogP contribution in [0, 0.1) is 18.3 Å². The summed E-state index contributed by atoms with van der Waals surface area (Å²) in [4.78, 5) is 7.79.